The van der Waals surface area contributed by atoms with Gasteiger partial charge in [0.05, 0.1) is 11.7 Å². The molecule has 166 valence electrons. The Morgan fingerprint density at radius 2 is 1.85 bits per heavy atom. The average molecular weight is 440 g/mol. The van der Waals surface area contributed by atoms with Crippen molar-refractivity contribution in [2.75, 3.05) is 22.5 Å². The molecule has 0 bridgehead atoms. The zero-order valence-electron chi connectivity index (χ0n) is 18.3. The molecule has 0 saturated heterocycles. The second kappa shape index (κ2) is 8.74. The molecular formula is C25H25N7O. The van der Waals surface area contributed by atoms with E-state index in [9.17, 15) is 4.79 Å². The third-order valence-electron chi connectivity index (χ3n) is 5.74. The highest BCUT2D eigenvalue weighted by molar-refractivity contribution is 5.66. The van der Waals surface area contributed by atoms with Gasteiger partial charge in [-0.1, -0.05) is 42.5 Å². The Morgan fingerprint density at radius 1 is 1.00 bits per heavy atom. The largest absolute Gasteiger partial charge is 0.399 e. The highest BCUT2D eigenvalue weighted by atomic mass is 16.1. The van der Waals surface area contributed by atoms with Gasteiger partial charge in [-0.2, -0.15) is 4.98 Å². The number of hydrogen-bond donors (Lipinski definition) is 2. The first kappa shape index (κ1) is 20.7. The molecule has 0 saturated carbocycles. The molecule has 8 heteroatoms. The fraction of sp³-hybridized carbons (Fsp3) is 0.200. The summed E-state index contributed by atoms with van der Waals surface area (Å²) >= 11 is 0. The van der Waals surface area contributed by atoms with Crippen LogP contribution >= 0.6 is 0 Å². The summed E-state index contributed by atoms with van der Waals surface area (Å²) in [5, 5.41) is 3.36. The van der Waals surface area contributed by atoms with E-state index >= 15 is 0 Å². The predicted molar refractivity (Wildman–Crippen MR) is 130 cm³/mol. The Bertz CT molecular complexity index is 1340. The van der Waals surface area contributed by atoms with Gasteiger partial charge in [0.25, 0.3) is 5.56 Å². The van der Waals surface area contributed by atoms with Crippen LogP contribution in [0.3, 0.4) is 0 Å². The maximum Gasteiger partial charge on any atom is 0.255 e. The van der Waals surface area contributed by atoms with Gasteiger partial charge in [0.1, 0.15) is 5.82 Å². The maximum atomic E-state index is 12.9. The van der Waals surface area contributed by atoms with Gasteiger partial charge in [-0.15, -0.1) is 0 Å². The van der Waals surface area contributed by atoms with Gasteiger partial charge in [-0.05, 0) is 37.1 Å². The molecule has 0 amide bonds. The summed E-state index contributed by atoms with van der Waals surface area (Å²) in [6.07, 6.45) is 2.54. The standard InChI is InChI=1S/C25H25N7O/c1-17(18-7-3-2-4-8-18)28-24-27-12-11-22(30-24)31-13-6-14-32-23(33)16-21(29-25(31)32)19-9-5-10-20(26)15-19/h2-5,7-12,15-17H,6,13-14,26H2,1H3,(H,27,28,30). The topological polar surface area (TPSA) is 102 Å². The van der Waals surface area contributed by atoms with E-state index in [4.69, 9.17) is 15.7 Å². The van der Waals surface area contributed by atoms with E-state index in [1.54, 1.807) is 16.8 Å². The number of nitrogens with two attached hydrogens (primary N) is 1. The van der Waals surface area contributed by atoms with Crippen molar-refractivity contribution in [3.63, 3.8) is 0 Å². The van der Waals surface area contributed by atoms with Crippen LogP contribution in [0.25, 0.3) is 11.3 Å². The van der Waals surface area contributed by atoms with Crippen molar-refractivity contribution in [3.8, 4) is 11.3 Å². The summed E-state index contributed by atoms with van der Waals surface area (Å²) in [7, 11) is 0. The van der Waals surface area contributed by atoms with Crippen molar-refractivity contribution in [1.82, 2.24) is 19.5 Å². The number of nitrogens with zero attached hydrogens (tertiary/aromatic N) is 5. The van der Waals surface area contributed by atoms with Crippen LogP contribution < -0.4 is 21.5 Å². The zero-order chi connectivity index (χ0) is 22.8. The third kappa shape index (κ3) is 4.27. The van der Waals surface area contributed by atoms with Gasteiger partial charge in [-0.25, -0.2) is 9.97 Å². The molecule has 2 aromatic heterocycles. The lowest BCUT2D eigenvalue weighted by Crippen LogP contribution is -2.36. The number of nitrogens with one attached hydrogen (secondary N) is 1. The molecule has 0 spiro atoms. The molecular weight excluding hydrogens is 414 g/mol. The van der Waals surface area contributed by atoms with Crippen LogP contribution in [0.15, 0.2) is 77.7 Å². The normalized spacial score (nSPS) is 13.9. The van der Waals surface area contributed by atoms with Gasteiger partial charge in [0, 0.05) is 36.6 Å². The summed E-state index contributed by atoms with van der Waals surface area (Å²) in [5.41, 5.74) is 9.03. The molecule has 0 radical (unpaired) electrons. The maximum absolute atomic E-state index is 12.9. The lowest BCUT2D eigenvalue weighted by Gasteiger charge is -2.30. The lowest BCUT2D eigenvalue weighted by molar-refractivity contribution is 0.561. The fourth-order valence-electron chi connectivity index (χ4n) is 4.05. The number of hydrogen-bond acceptors (Lipinski definition) is 7. The second-order valence-corrected chi connectivity index (χ2v) is 8.08. The highest BCUT2D eigenvalue weighted by Crippen LogP contribution is 2.28. The van der Waals surface area contributed by atoms with E-state index in [1.165, 1.54) is 0 Å². The molecule has 3 heterocycles. The minimum Gasteiger partial charge on any atom is -0.399 e. The van der Waals surface area contributed by atoms with Crippen molar-refractivity contribution in [1.29, 1.82) is 0 Å². The summed E-state index contributed by atoms with van der Waals surface area (Å²) in [4.78, 5) is 28.8. The van der Waals surface area contributed by atoms with Crippen LogP contribution in [0.1, 0.15) is 24.9 Å². The van der Waals surface area contributed by atoms with Gasteiger partial charge in [0.15, 0.2) is 0 Å². The van der Waals surface area contributed by atoms with Crippen molar-refractivity contribution in [2.24, 2.45) is 0 Å². The van der Waals surface area contributed by atoms with Crippen LogP contribution in [-0.4, -0.2) is 26.1 Å². The first-order chi connectivity index (χ1) is 16.1. The number of anilines is 4. The lowest BCUT2D eigenvalue weighted by atomic mass is 10.1. The third-order valence-corrected chi connectivity index (χ3v) is 5.74. The van der Waals surface area contributed by atoms with E-state index in [0.29, 0.717) is 42.2 Å². The van der Waals surface area contributed by atoms with E-state index in [-0.39, 0.29) is 11.6 Å². The number of aromatic nitrogens is 4. The molecule has 1 aliphatic rings. The Labute approximate surface area is 191 Å². The summed E-state index contributed by atoms with van der Waals surface area (Å²) in [6, 6.07) is 21.0. The number of rotatable bonds is 5. The van der Waals surface area contributed by atoms with Crippen LogP contribution in [-0.2, 0) is 6.54 Å². The molecule has 0 aliphatic carbocycles. The van der Waals surface area contributed by atoms with Crippen LogP contribution in [0.4, 0.5) is 23.4 Å². The smallest absolute Gasteiger partial charge is 0.255 e. The summed E-state index contributed by atoms with van der Waals surface area (Å²) in [6.45, 7) is 3.40. The van der Waals surface area contributed by atoms with Crippen LogP contribution in [0, 0.1) is 0 Å². The van der Waals surface area contributed by atoms with Crippen LogP contribution in [0.2, 0.25) is 0 Å². The average Bonchev–Trinajstić information content (AvgIpc) is 2.84. The predicted octanol–water partition coefficient (Wildman–Crippen LogP) is 4.00. The van der Waals surface area contributed by atoms with E-state index in [0.717, 1.165) is 17.5 Å². The van der Waals surface area contributed by atoms with Gasteiger partial charge in [-0.3, -0.25) is 14.3 Å². The van der Waals surface area contributed by atoms with Crippen molar-refractivity contribution in [3.05, 3.63) is 88.8 Å². The minimum atomic E-state index is -0.0905. The molecule has 2 aromatic carbocycles. The highest BCUT2D eigenvalue weighted by Gasteiger charge is 2.23. The van der Waals surface area contributed by atoms with Crippen LogP contribution in [0.5, 0.6) is 0 Å². The molecule has 8 nitrogen and oxygen atoms in total. The Morgan fingerprint density at radius 3 is 2.67 bits per heavy atom. The molecule has 0 fully saturated rings. The minimum absolute atomic E-state index is 0.0472. The Kier molecular flexibility index (Phi) is 5.48. The van der Waals surface area contributed by atoms with E-state index in [2.05, 4.69) is 29.4 Å². The number of benzene rings is 2. The molecule has 1 unspecified atom stereocenters. The molecule has 4 aromatic rings. The first-order valence-corrected chi connectivity index (χ1v) is 11.0. The number of fused-ring (bicyclic) bond motifs is 1. The van der Waals surface area contributed by atoms with Crippen molar-refractivity contribution < 1.29 is 0 Å². The monoisotopic (exact) mass is 439 g/mol. The fourth-order valence-corrected chi connectivity index (χ4v) is 4.05. The quantitative estimate of drug-likeness (QED) is 0.453. The zero-order valence-corrected chi connectivity index (χ0v) is 18.3. The molecule has 5 rings (SSSR count). The Hall–Kier alpha value is -4.20. The summed E-state index contributed by atoms with van der Waals surface area (Å²) < 4.78 is 1.70. The van der Waals surface area contributed by atoms with E-state index in [1.807, 2.05) is 53.4 Å². The SMILES string of the molecule is CC(Nc1nccc(N2CCCn3c2nc(-c2cccc(N)c2)cc3=O)n1)c1ccccc1. The molecule has 3 N–H and O–H groups in total. The Balaban J connectivity index is 1.49. The number of nitrogen functional groups attached to an aromatic ring is 1. The van der Waals surface area contributed by atoms with Gasteiger partial charge >= 0.3 is 0 Å². The molecule has 1 aliphatic heterocycles. The first-order valence-electron chi connectivity index (χ1n) is 11.0. The molecule has 1 atom stereocenters. The summed E-state index contributed by atoms with van der Waals surface area (Å²) in [5.74, 6) is 1.79. The molecule has 33 heavy (non-hydrogen) atoms. The van der Waals surface area contributed by atoms with Gasteiger partial charge < -0.3 is 11.1 Å². The van der Waals surface area contributed by atoms with Gasteiger partial charge in [0.2, 0.25) is 11.9 Å². The van der Waals surface area contributed by atoms with Crippen molar-refractivity contribution >= 4 is 23.4 Å². The second-order valence-electron chi connectivity index (χ2n) is 8.08. The van der Waals surface area contributed by atoms with Crippen molar-refractivity contribution in [2.45, 2.75) is 25.9 Å². The van der Waals surface area contributed by atoms with E-state index < -0.39 is 0 Å².